The zero-order valence-corrected chi connectivity index (χ0v) is 30.4. The number of nitrogens with zero attached hydrogens (tertiary/aromatic N) is 4. The summed E-state index contributed by atoms with van der Waals surface area (Å²) >= 11 is 1.68. The number of benzene rings is 9. The molecular formula is C51H30N4S. The molecule has 4 nitrogen and oxygen atoms in total. The second-order valence-electron chi connectivity index (χ2n) is 14.1. The molecule has 3 heterocycles. The molecule has 0 radical (unpaired) electrons. The third-order valence-corrected chi connectivity index (χ3v) is 12.0. The second kappa shape index (κ2) is 12.2. The van der Waals surface area contributed by atoms with Crippen molar-refractivity contribution >= 4 is 80.9 Å². The van der Waals surface area contributed by atoms with Crippen molar-refractivity contribution < 1.29 is 6.85 Å². The minimum atomic E-state index is -0.478. The van der Waals surface area contributed by atoms with Crippen LogP contribution in [-0.4, -0.2) is 15.0 Å². The molecule has 0 atom stereocenters. The number of thiophene rings is 1. The van der Waals surface area contributed by atoms with E-state index in [0.717, 1.165) is 70.6 Å². The smallest absolute Gasteiger partial charge is 0.164 e. The maximum atomic E-state index is 8.95. The number of hydrogen-bond acceptors (Lipinski definition) is 5. The predicted octanol–water partition coefficient (Wildman–Crippen LogP) is 14.2. The molecule has 0 N–H and O–H groups in total. The molecule has 9 aromatic carbocycles. The van der Waals surface area contributed by atoms with Crippen LogP contribution in [0.4, 0.5) is 17.1 Å². The van der Waals surface area contributed by atoms with E-state index in [1.54, 1.807) is 11.3 Å². The molecule has 0 unspecified atom stereocenters. The maximum absolute atomic E-state index is 8.95. The highest BCUT2D eigenvalue weighted by molar-refractivity contribution is 7.25. The van der Waals surface area contributed by atoms with Crippen LogP contribution in [0.25, 0.3) is 97.8 Å². The van der Waals surface area contributed by atoms with Gasteiger partial charge in [0.2, 0.25) is 0 Å². The normalized spacial score (nSPS) is 13.5. The number of aromatic nitrogens is 3. The molecule has 0 saturated heterocycles. The van der Waals surface area contributed by atoms with Crippen molar-refractivity contribution in [3.05, 3.63) is 182 Å². The predicted molar refractivity (Wildman–Crippen MR) is 235 cm³/mol. The fourth-order valence-corrected chi connectivity index (χ4v) is 9.49. The molecule has 56 heavy (non-hydrogen) atoms. The first-order chi connectivity index (χ1) is 29.8. The van der Waals surface area contributed by atoms with Crippen LogP contribution in [-0.2, 0) is 0 Å². The first kappa shape index (κ1) is 26.5. The lowest BCUT2D eigenvalue weighted by Gasteiger charge is -2.34. The molecule has 0 fully saturated rings. The van der Waals surface area contributed by atoms with Crippen LogP contribution in [0.5, 0.6) is 0 Å². The summed E-state index contributed by atoms with van der Waals surface area (Å²) < 4.78 is 45.5. The molecule has 0 saturated carbocycles. The molecule has 12 rings (SSSR count). The van der Waals surface area contributed by atoms with Crippen molar-refractivity contribution in [2.24, 2.45) is 0 Å². The monoisotopic (exact) mass is 735 g/mol. The van der Waals surface area contributed by atoms with Gasteiger partial charge >= 0.3 is 0 Å². The fraction of sp³-hybridized carbons (Fsp3) is 0. The van der Waals surface area contributed by atoms with E-state index in [0.29, 0.717) is 17.2 Å². The highest BCUT2D eigenvalue weighted by Crippen LogP contribution is 2.53. The third-order valence-electron chi connectivity index (χ3n) is 10.9. The van der Waals surface area contributed by atoms with E-state index in [-0.39, 0.29) is 23.5 Å². The van der Waals surface area contributed by atoms with Crippen molar-refractivity contribution in [2.75, 3.05) is 4.90 Å². The first-order valence-electron chi connectivity index (χ1n) is 20.9. The SMILES string of the molecule is [2H]c1c([2H])c([2H])c(-c2nc(-c3ccc4c(c3)sc3ccccc34)nc(-c3cc(N4c5cc6ccccc6cc5-c5cccc6cccc4c56)cc4ccccc34)n2)c([2H])c1[2H]. The largest absolute Gasteiger partial charge is 0.309 e. The number of anilines is 3. The Morgan fingerprint density at radius 1 is 0.429 bits per heavy atom. The highest BCUT2D eigenvalue weighted by atomic mass is 32.1. The zero-order chi connectivity index (χ0) is 41.1. The summed E-state index contributed by atoms with van der Waals surface area (Å²) in [7, 11) is 0. The minimum Gasteiger partial charge on any atom is -0.309 e. The topological polar surface area (TPSA) is 41.9 Å². The van der Waals surface area contributed by atoms with Crippen molar-refractivity contribution in [3.63, 3.8) is 0 Å². The lowest BCUT2D eigenvalue weighted by Crippen LogP contribution is -2.15. The van der Waals surface area contributed by atoms with E-state index in [4.69, 9.17) is 21.8 Å². The van der Waals surface area contributed by atoms with Crippen LogP contribution in [0.3, 0.4) is 0 Å². The summed E-state index contributed by atoms with van der Waals surface area (Å²) in [5.74, 6) is 0.640. The van der Waals surface area contributed by atoms with E-state index in [1.165, 1.54) is 15.6 Å². The Morgan fingerprint density at radius 3 is 1.96 bits per heavy atom. The molecule has 11 aromatic rings. The molecule has 5 heteroatoms. The van der Waals surface area contributed by atoms with Gasteiger partial charge in [-0.3, -0.25) is 0 Å². The first-order valence-corrected chi connectivity index (χ1v) is 19.3. The van der Waals surface area contributed by atoms with Crippen molar-refractivity contribution in [1.82, 2.24) is 15.0 Å². The quantitative estimate of drug-likeness (QED) is 0.180. The third kappa shape index (κ3) is 4.81. The Labute approximate surface area is 333 Å². The number of hydrogen-bond donors (Lipinski definition) is 0. The van der Waals surface area contributed by atoms with Gasteiger partial charge in [-0.15, -0.1) is 11.3 Å². The van der Waals surface area contributed by atoms with Crippen LogP contribution in [0, 0.1) is 0 Å². The lowest BCUT2D eigenvalue weighted by atomic mass is 9.89. The molecule has 0 aliphatic carbocycles. The van der Waals surface area contributed by atoms with E-state index < -0.39 is 18.1 Å². The van der Waals surface area contributed by atoms with Crippen LogP contribution < -0.4 is 4.90 Å². The van der Waals surface area contributed by atoms with Crippen molar-refractivity contribution in [3.8, 4) is 45.3 Å². The number of rotatable bonds is 4. The highest BCUT2D eigenvalue weighted by Gasteiger charge is 2.28. The lowest BCUT2D eigenvalue weighted by molar-refractivity contribution is 1.08. The van der Waals surface area contributed by atoms with Crippen molar-refractivity contribution in [1.29, 1.82) is 0 Å². The van der Waals surface area contributed by atoms with Gasteiger partial charge in [-0.05, 0) is 75.0 Å². The summed E-state index contributed by atoms with van der Waals surface area (Å²) in [6, 6.07) is 50.5. The Hall–Kier alpha value is -7.21. The average Bonchev–Trinajstić information content (AvgIpc) is 3.67. The van der Waals surface area contributed by atoms with Gasteiger partial charge in [0.1, 0.15) is 0 Å². The van der Waals surface area contributed by atoms with E-state index >= 15 is 0 Å². The molecule has 1 aliphatic rings. The van der Waals surface area contributed by atoms with E-state index in [1.807, 2.05) is 36.4 Å². The van der Waals surface area contributed by atoms with Gasteiger partial charge in [0, 0.05) is 53.5 Å². The standard InChI is InChI=1S/C51H30N4S/c1-2-12-32(13-3-1)49-52-50(36-24-25-40-39-20-8-9-23-46(39)56-47(40)29-36)54-51(53-49)43-30-37(26-35-16-6-7-19-38(35)43)55-44-22-11-18-31-17-10-21-41(48(31)44)42-27-33-14-4-5-15-34(33)28-45(42)55/h1-30H/i1D,2D,3D,12D,13D. The Kier molecular flexibility index (Phi) is 5.76. The second-order valence-corrected chi connectivity index (χ2v) is 15.1. The molecule has 260 valence electrons. The summed E-state index contributed by atoms with van der Waals surface area (Å²) in [4.78, 5) is 17.4. The van der Waals surface area contributed by atoms with Gasteiger partial charge in [-0.25, -0.2) is 15.0 Å². The summed E-state index contributed by atoms with van der Waals surface area (Å²) in [6.07, 6.45) is 0. The Balaban J connectivity index is 1.14. The molecule has 0 amide bonds. The Morgan fingerprint density at radius 2 is 1.11 bits per heavy atom. The zero-order valence-electron chi connectivity index (χ0n) is 34.6. The van der Waals surface area contributed by atoms with Gasteiger partial charge in [0.15, 0.2) is 17.5 Å². The summed E-state index contributed by atoms with van der Waals surface area (Å²) in [6.45, 7) is 0. The van der Waals surface area contributed by atoms with Gasteiger partial charge in [0.25, 0.3) is 0 Å². The van der Waals surface area contributed by atoms with Gasteiger partial charge in [-0.1, -0.05) is 139 Å². The van der Waals surface area contributed by atoms with Crippen LogP contribution in [0.2, 0.25) is 0 Å². The number of fused-ring (bicyclic) bond motifs is 7. The van der Waals surface area contributed by atoms with Gasteiger partial charge in [0.05, 0.1) is 18.2 Å². The van der Waals surface area contributed by atoms with Crippen LogP contribution in [0.15, 0.2) is 182 Å². The minimum absolute atomic E-state index is 0.00333. The van der Waals surface area contributed by atoms with Crippen molar-refractivity contribution in [2.45, 2.75) is 0 Å². The molecule has 0 spiro atoms. The van der Waals surface area contributed by atoms with Gasteiger partial charge < -0.3 is 4.90 Å². The van der Waals surface area contributed by atoms with E-state index in [9.17, 15) is 0 Å². The van der Waals surface area contributed by atoms with Gasteiger partial charge in [-0.2, -0.15) is 0 Å². The molecular weight excluding hydrogens is 701 g/mol. The maximum Gasteiger partial charge on any atom is 0.164 e. The molecule has 0 bridgehead atoms. The summed E-state index contributed by atoms with van der Waals surface area (Å²) in [5, 5.41) is 8.72. The van der Waals surface area contributed by atoms with Crippen LogP contribution in [0.1, 0.15) is 6.85 Å². The molecule has 2 aromatic heterocycles. The van der Waals surface area contributed by atoms with Crippen LogP contribution >= 0.6 is 11.3 Å². The summed E-state index contributed by atoms with van der Waals surface area (Å²) in [5.41, 5.74) is 6.62. The fourth-order valence-electron chi connectivity index (χ4n) is 8.34. The average molecular weight is 736 g/mol. The Bertz CT molecular complexity index is 3660. The van der Waals surface area contributed by atoms with E-state index in [2.05, 4.69) is 120 Å². The molecule has 1 aliphatic heterocycles.